The number of nitrogens with zero attached hydrogens (tertiary/aromatic N) is 1. The van der Waals surface area contributed by atoms with Crippen LogP contribution in [0.15, 0.2) is 97.1 Å². The van der Waals surface area contributed by atoms with Gasteiger partial charge in [-0.25, -0.2) is 0 Å². The van der Waals surface area contributed by atoms with Gasteiger partial charge in [0, 0.05) is 22.0 Å². The van der Waals surface area contributed by atoms with E-state index in [1.165, 1.54) is 10.9 Å². The minimum absolute atomic E-state index is 0.356. The predicted molar refractivity (Wildman–Crippen MR) is 138 cm³/mol. The third-order valence-electron chi connectivity index (χ3n) is 4.93. The van der Waals surface area contributed by atoms with Gasteiger partial charge < -0.3 is 10.0 Å². The molecule has 0 amide bonds. The van der Waals surface area contributed by atoms with E-state index in [2.05, 4.69) is 91.5 Å². The number of rotatable bonds is 5. The van der Waals surface area contributed by atoms with Crippen molar-refractivity contribution in [2.75, 3.05) is 4.90 Å². The maximum absolute atomic E-state index is 10.4. The quantitative estimate of drug-likeness (QED) is 0.220. The number of aryl methyl sites for hydroxylation is 2. The summed E-state index contributed by atoms with van der Waals surface area (Å²) in [5, 5.41) is 12.7. The summed E-state index contributed by atoms with van der Waals surface area (Å²) in [6.07, 6.45) is 0. The third kappa shape index (κ3) is 6.38. The van der Waals surface area contributed by atoms with Crippen LogP contribution >= 0.6 is 27.2 Å². The van der Waals surface area contributed by atoms with Crippen molar-refractivity contribution in [1.82, 2.24) is 0 Å². The van der Waals surface area contributed by atoms with E-state index >= 15 is 0 Å². The first-order valence-corrected chi connectivity index (χ1v) is 15.4. The van der Waals surface area contributed by atoms with Gasteiger partial charge in [-0.3, -0.25) is 0 Å². The average molecular weight is 516 g/mol. The Morgan fingerprint density at radius 2 is 1.31 bits per heavy atom. The standard InChI is InChI=1S/C26H24NOP.2ClH.Ti/c1-19-16-17-24(28)25(18-19)29-26-20(2)10-9-15-23(26)27(21-11-5-3-6-12-21)22-13-7-4-8-14-22;;;/h3-18,28-29H,1-2H3;2*1H;/q;;;+2/p-2. The first-order chi connectivity index (χ1) is 15.5. The van der Waals surface area contributed by atoms with Crippen LogP contribution in [0.2, 0.25) is 0 Å². The molecular weight excluding hydrogens is 492 g/mol. The molecule has 0 saturated carbocycles. The van der Waals surface area contributed by atoms with Gasteiger partial charge in [-0.1, -0.05) is 68.7 Å². The van der Waals surface area contributed by atoms with Gasteiger partial charge >= 0.3 is 35.6 Å². The van der Waals surface area contributed by atoms with E-state index in [1.807, 2.05) is 18.2 Å². The van der Waals surface area contributed by atoms with Crippen molar-refractivity contribution in [3.63, 3.8) is 0 Å². The van der Waals surface area contributed by atoms with Crippen LogP contribution in [0, 0.1) is 13.8 Å². The van der Waals surface area contributed by atoms with Crippen molar-refractivity contribution >= 4 is 54.9 Å². The molecule has 0 spiro atoms. The number of anilines is 3. The van der Waals surface area contributed by atoms with Crippen LogP contribution in [-0.2, 0) is 17.0 Å². The molecule has 1 atom stereocenters. The number of phenolic OH excluding ortho intramolecular Hbond substituents is 1. The summed E-state index contributed by atoms with van der Waals surface area (Å²) >= 11 is -0.556. The number of para-hydroxylation sites is 2. The SMILES string of the molecule is Cc1ccc(O)c(Pc2c(C)cccc2N(c2ccccc2)c2ccccc2)c1.[Cl][Ti][Cl]. The van der Waals surface area contributed by atoms with Crippen LogP contribution in [0.5, 0.6) is 5.75 Å². The van der Waals surface area contributed by atoms with E-state index < -0.39 is 17.0 Å². The van der Waals surface area contributed by atoms with Crippen molar-refractivity contribution in [2.24, 2.45) is 0 Å². The average Bonchev–Trinajstić information content (AvgIpc) is 2.80. The van der Waals surface area contributed by atoms with Gasteiger partial charge in [0.25, 0.3) is 0 Å². The monoisotopic (exact) mass is 515 g/mol. The summed E-state index contributed by atoms with van der Waals surface area (Å²) in [6.45, 7) is 4.21. The van der Waals surface area contributed by atoms with Crippen molar-refractivity contribution in [3.8, 4) is 5.75 Å². The molecule has 4 aromatic rings. The number of phenols is 1. The van der Waals surface area contributed by atoms with Crippen LogP contribution in [0.25, 0.3) is 0 Å². The molecule has 0 aliphatic heterocycles. The zero-order valence-electron chi connectivity index (χ0n) is 17.9. The predicted octanol–water partition coefficient (Wildman–Crippen LogP) is 7.48. The molecule has 32 heavy (non-hydrogen) atoms. The second-order valence-corrected chi connectivity index (χ2v) is 11.1. The first kappa shape index (κ1) is 24.8. The van der Waals surface area contributed by atoms with Crippen LogP contribution in [0.4, 0.5) is 17.1 Å². The molecule has 0 aliphatic rings. The van der Waals surface area contributed by atoms with Crippen molar-refractivity contribution < 1.29 is 22.1 Å². The van der Waals surface area contributed by atoms with Gasteiger partial charge in [0.2, 0.25) is 0 Å². The fraction of sp³-hybridized carbons (Fsp3) is 0.0769. The van der Waals surface area contributed by atoms with E-state index in [1.54, 1.807) is 6.07 Å². The van der Waals surface area contributed by atoms with E-state index in [-0.39, 0.29) is 0 Å². The van der Waals surface area contributed by atoms with Crippen molar-refractivity contribution in [2.45, 2.75) is 13.8 Å². The molecule has 0 saturated heterocycles. The number of halogens is 2. The molecule has 0 heterocycles. The topological polar surface area (TPSA) is 23.5 Å². The molecule has 0 radical (unpaired) electrons. The van der Waals surface area contributed by atoms with Gasteiger partial charge in [0.1, 0.15) is 5.75 Å². The minimum atomic E-state index is -0.556. The molecule has 4 aromatic carbocycles. The Labute approximate surface area is 208 Å². The van der Waals surface area contributed by atoms with Gasteiger partial charge in [0.15, 0.2) is 0 Å². The summed E-state index contributed by atoms with van der Waals surface area (Å²) in [5.41, 5.74) is 5.75. The van der Waals surface area contributed by atoms with Crippen molar-refractivity contribution in [1.29, 1.82) is 0 Å². The Balaban J connectivity index is 0.000000913. The number of hydrogen-bond acceptors (Lipinski definition) is 2. The van der Waals surface area contributed by atoms with Crippen molar-refractivity contribution in [3.05, 3.63) is 108 Å². The molecule has 0 bridgehead atoms. The molecule has 0 fully saturated rings. The molecule has 0 aromatic heterocycles. The summed E-state index contributed by atoms with van der Waals surface area (Å²) in [5.74, 6) is 0.356. The molecular formula is C26H24Cl2NOPTi. The molecule has 1 N–H and O–H groups in total. The Bertz CT molecular complexity index is 1100. The number of benzene rings is 4. The van der Waals surface area contributed by atoms with E-state index in [0.29, 0.717) is 14.3 Å². The van der Waals surface area contributed by atoms with Crippen LogP contribution in [0.3, 0.4) is 0 Å². The molecule has 4 rings (SSSR count). The van der Waals surface area contributed by atoms with Gasteiger partial charge in [-0.2, -0.15) is 0 Å². The summed E-state index contributed by atoms with van der Waals surface area (Å²) in [4.78, 5) is 2.29. The van der Waals surface area contributed by atoms with Crippen LogP contribution < -0.4 is 15.5 Å². The molecule has 6 heteroatoms. The van der Waals surface area contributed by atoms with E-state index in [4.69, 9.17) is 18.6 Å². The van der Waals surface area contributed by atoms with E-state index in [9.17, 15) is 5.11 Å². The van der Waals surface area contributed by atoms with Gasteiger partial charge in [0.05, 0.1) is 5.69 Å². The molecule has 162 valence electrons. The molecule has 1 unspecified atom stereocenters. The zero-order chi connectivity index (χ0) is 22.9. The van der Waals surface area contributed by atoms with Gasteiger partial charge in [-0.15, -0.1) is 0 Å². The fourth-order valence-electron chi connectivity index (χ4n) is 3.47. The molecule has 2 nitrogen and oxygen atoms in total. The summed E-state index contributed by atoms with van der Waals surface area (Å²) in [6, 6.07) is 33.1. The normalized spacial score (nSPS) is 10.5. The summed E-state index contributed by atoms with van der Waals surface area (Å²) in [7, 11) is 10.1. The van der Waals surface area contributed by atoms with Crippen LogP contribution in [0.1, 0.15) is 11.1 Å². The second kappa shape index (κ2) is 12.4. The summed E-state index contributed by atoms with van der Waals surface area (Å²) < 4.78 is 0. The Morgan fingerprint density at radius 3 is 1.88 bits per heavy atom. The first-order valence-electron chi connectivity index (χ1n) is 10.1. The van der Waals surface area contributed by atoms with Crippen LogP contribution in [-0.4, -0.2) is 5.11 Å². The maximum atomic E-state index is 10.4. The van der Waals surface area contributed by atoms with E-state index in [0.717, 1.165) is 27.9 Å². The Hall–Kier alpha value is -1.80. The molecule has 0 aliphatic carbocycles. The Kier molecular flexibility index (Phi) is 9.66. The fourth-order valence-corrected chi connectivity index (χ4v) is 4.85. The number of aromatic hydroxyl groups is 1. The Morgan fingerprint density at radius 1 is 0.750 bits per heavy atom. The second-order valence-electron chi connectivity index (χ2n) is 7.19. The third-order valence-corrected chi connectivity index (χ3v) is 6.50. The number of hydrogen-bond donors (Lipinski definition) is 1. The zero-order valence-corrected chi connectivity index (χ0v) is 22.0. The van der Waals surface area contributed by atoms with Gasteiger partial charge in [-0.05, 0) is 61.9 Å².